The van der Waals surface area contributed by atoms with Crippen LogP contribution in [0.4, 0.5) is 0 Å². The average molecular weight is 338 g/mol. The Labute approximate surface area is 147 Å². The van der Waals surface area contributed by atoms with Crippen molar-refractivity contribution in [2.45, 2.75) is 57.9 Å². The summed E-state index contributed by atoms with van der Waals surface area (Å²) in [5, 5.41) is 6.73. The van der Waals surface area contributed by atoms with Crippen molar-refractivity contribution in [3.63, 3.8) is 0 Å². The standard InChI is InChI=1S/C18H35N5O/c1-3-19-18(21-15-16-9-7-12-22(16)2)20-11-8-14-23-13-6-4-5-10-17(23)24/h16H,3-15H2,1-2H3,(H2,19,20,21). The number of rotatable bonds is 7. The summed E-state index contributed by atoms with van der Waals surface area (Å²) in [5.74, 6) is 1.23. The summed E-state index contributed by atoms with van der Waals surface area (Å²) in [7, 11) is 2.19. The molecular formula is C18H35N5O. The molecule has 0 radical (unpaired) electrons. The Bertz CT molecular complexity index is 412. The molecule has 0 aliphatic carbocycles. The van der Waals surface area contributed by atoms with Crippen molar-refractivity contribution in [1.82, 2.24) is 20.4 Å². The molecule has 1 atom stereocenters. The highest BCUT2D eigenvalue weighted by Crippen LogP contribution is 2.14. The fourth-order valence-corrected chi connectivity index (χ4v) is 3.50. The topological polar surface area (TPSA) is 60.0 Å². The predicted molar refractivity (Wildman–Crippen MR) is 99.3 cm³/mol. The molecule has 2 fully saturated rings. The smallest absolute Gasteiger partial charge is 0.222 e. The average Bonchev–Trinajstić information content (AvgIpc) is 2.87. The number of likely N-dealkylation sites (tertiary alicyclic amines) is 2. The van der Waals surface area contributed by atoms with Crippen LogP contribution in [0.5, 0.6) is 0 Å². The van der Waals surface area contributed by atoms with Crippen LogP contribution in [0.3, 0.4) is 0 Å². The summed E-state index contributed by atoms with van der Waals surface area (Å²) in [5.41, 5.74) is 0. The van der Waals surface area contributed by atoms with Crippen LogP contribution in [0.1, 0.15) is 51.9 Å². The molecule has 138 valence electrons. The van der Waals surface area contributed by atoms with Crippen molar-refractivity contribution in [3.8, 4) is 0 Å². The van der Waals surface area contributed by atoms with Gasteiger partial charge in [-0.25, -0.2) is 0 Å². The van der Waals surface area contributed by atoms with Gasteiger partial charge in [0.2, 0.25) is 5.91 Å². The molecule has 2 heterocycles. The van der Waals surface area contributed by atoms with E-state index >= 15 is 0 Å². The Morgan fingerprint density at radius 2 is 2.08 bits per heavy atom. The van der Waals surface area contributed by atoms with Crippen LogP contribution in [0.2, 0.25) is 0 Å². The molecule has 2 aliphatic rings. The van der Waals surface area contributed by atoms with Crippen molar-refractivity contribution in [2.24, 2.45) is 4.99 Å². The zero-order valence-corrected chi connectivity index (χ0v) is 15.5. The second-order valence-corrected chi connectivity index (χ2v) is 6.97. The Morgan fingerprint density at radius 3 is 2.83 bits per heavy atom. The molecule has 6 heteroatoms. The fraction of sp³-hybridized carbons (Fsp3) is 0.889. The quantitative estimate of drug-likeness (QED) is 0.419. The SMILES string of the molecule is CCNC(=NCC1CCCN1C)NCCCN1CCCCCC1=O. The van der Waals surface area contributed by atoms with E-state index in [1.165, 1.54) is 25.8 Å². The highest BCUT2D eigenvalue weighted by atomic mass is 16.2. The molecule has 24 heavy (non-hydrogen) atoms. The maximum Gasteiger partial charge on any atom is 0.222 e. The summed E-state index contributed by atoms with van der Waals surface area (Å²) in [4.78, 5) is 21.2. The molecule has 2 saturated heterocycles. The van der Waals surface area contributed by atoms with Gasteiger partial charge in [0.05, 0.1) is 6.54 Å². The van der Waals surface area contributed by atoms with E-state index in [-0.39, 0.29) is 0 Å². The number of nitrogens with zero attached hydrogens (tertiary/aromatic N) is 3. The van der Waals surface area contributed by atoms with E-state index in [0.717, 1.165) is 64.4 Å². The Kier molecular flexibility index (Phi) is 8.36. The summed E-state index contributed by atoms with van der Waals surface area (Å²) in [6.45, 7) is 7.66. The van der Waals surface area contributed by atoms with Crippen molar-refractivity contribution >= 4 is 11.9 Å². The van der Waals surface area contributed by atoms with Gasteiger partial charge >= 0.3 is 0 Å². The van der Waals surface area contributed by atoms with E-state index in [2.05, 4.69) is 29.5 Å². The number of hydrogen-bond acceptors (Lipinski definition) is 3. The van der Waals surface area contributed by atoms with E-state index in [4.69, 9.17) is 4.99 Å². The summed E-state index contributed by atoms with van der Waals surface area (Å²) in [6.07, 6.45) is 7.62. The Hall–Kier alpha value is -1.30. The largest absolute Gasteiger partial charge is 0.357 e. The molecule has 0 bridgehead atoms. The first-order valence-corrected chi connectivity index (χ1v) is 9.71. The third-order valence-electron chi connectivity index (χ3n) is 5.04. The minimum Gasteiger partial charge on any atom is -0.357 e. The number of carbonyl (C=O) groups is 1. The lowest BCUT2D eigenvalue weighted by Gasteiger charge is -2.21. The zero-order chi connectivity index (χ0) is 17.2. The van der Waals surface area contributed by atoms with Gasteiger partial charge in [0.15, 0.2) is 5.96 Å². The molecular weight excluding hydrogens is 302 g/mol. The third-order valence-corrected chi connectivity index (χ3v) is 5.04. The molecule has 0 aromatic heterocycles. The van der Waals surface area contributed by atoms with Gasteiger partial charge in [-0.2, -0.15) is 0 Å². The highest BCUT2D eigenvalue weighted by Gasteiger charge is 2.20. The first-order valence-electron chi connectivity index (χ1n) is 9.71. The van der Waals surface area contributed by atoms with Crippen LogP contribution < -0.4 is 10.6 Å². The van der Waals surface area contributed by atoms with Crippen molar-refractivity contribution in [2.75, 3.05) is 46.3 Å². The lowest BCUT2D eigenvalue weighted by molar-refractivity contribution is -0.130. The molecule has 0 saturated carbocycles. The van der Waals surface area contributed by atoms with E-state index in [1.807, 2.05) is 4.90 Å². The van der Waals surface area contributed by atoms with Gasteiger partial charge in [0, 0.05) is 38.6 Å². The van der Waals surface area contributed by atoms with Crippen LogP contribution in [0.25, 0.3) is 0 Å². The minimum atomic E-state index is 0.331. The number of amides is 1. The third kappa shape index (κ3) is 6.30. The fourth-order valence-electron chi connectivity index (χ4n) is 3.50. The molecule has 6 nitrogen and oxygen atoms in total. The number of nitrogens with one attached hydrogen (secondary N) is 2. The van der Waals surface area contributed by atoms with Crippen molar-refractivity contribution < 1.29 is 4.79 Å². The monoisotopic (exact) mass is 337 g/mol. The molecule has 1 unspecified atom stereocenters. The van der Waals surface area contributed by atoms with Gasteiger partial charge in [-0.3, -0.25) is 9.79 Å². The lowest BCUT2D eigenvalue weighted by atomic mass is 10.2. The van der Waals surface area contributed by atoms with Gasteiger partial charge in [-0.15, -0.1) is 0 Å². The number of guanidine groups is 1. The second-order valence-electron chi connectivity index (χ2n) is 6.97. The summed E-state index contributed by atoms with van der Waals surface area (Å²) >= 11 is 0. The number of likely N-dealkylation sites (N-methyl/N-ethyl adjacent to an activating group) is 1. The maximum absolute atomic E-state index is 12.0. The maximum atomic E-state index is 12.0. The van der Waals surface area contributed by atoms with Gasteiger partial charge < -0.3 is 20.4 Å². The number of hydrogen-bond donors (Lipinski definition) is 2. The molecule has 0 spiro atoms. The molecule has 2 N–H and O–H groups in total. The summed E-state index contributed by atoms with van der Waals surface area (Å²) < 4.78 is 0. The molecule has 0 aromatic carbocycles. The summed E-state index contributed by atoms with van der Waals surface area (Å²) in [6, 6.07) is 0.579. The number of carbonyl (C=O) groups excluding carboxylic acids is 1. The van der Waals surface area contributed by atoms with E-state index in [1.54, 1.807) is 0 Å². The first-order chi connectivity index (χ1) is 11.7. The second kappa shape index (κ2) is 10.5. The van der Waals surface area contributed by atoms with Crippen LogP contribution in [0, 0.1) is 0 Å². The van der Waals surface area contributed by atoms with Crippen molar-refractivity contribution in [3.05, 3.63) is 0 Å². The molecule has 2 rings (SSSR count). The van der Waals surface area contributed by atoms with Gasteiger partial charge in [0.25, 0.3) is 0 Å². The lowest BCUT2D eigenvalue weighted by Crippen LogP contribution is -2.40. The van der Waals surface area contributed by atoms with Crippen molar-refractivity contribution in [1.29, 1.82) is 0 Å². The molecule has 0 aromatic rings. The van der Waals surface area contributed by atoms with Crippen LogP contribution in [-0.2, 0) is 4.79 Å². The predicted octanol–water partition coefficient (Wildman–Crippen LogP) is 1.43. The van der Waals surface area contributed by atoms with Gasteiger partial charge in [-0.1, -0.05) is 6.42 Å². The van der Waals surface area contributed by atoms with E-state index in [9.17, 15) is 4.79 Å². The minimum absolute atomic E-state index is 0.331. The highest BCUT2D eigenvalue weighted by molar-refractivity contribution is 5.79. The molecule has 2 aliphatic heterocycles. The van der Waals surface area contributed by atoms with Crippen LogP contribution in [-0.4, -0.2) is 74.0 Å². The van der Waals surface area contributed by atoms with Crippen LogP contribution in [0.15, 0.2) is 4.99 Å². The van der Waals surface area contributed by atoms with E-state index < -0.39 is 0 Å². The molecule has 1 amide bonds. The number of aliphatic imine (C=N–C) groups is 1. The zero-order valence-electron chi connectivity index (χ0n) is 15.5. The normalized spacial score (nSPS) is 23.4. The van der Waals surface area contributed by atoms with E-state index in [0.29, 0.717) is 11.9 Å². The van der Waals surface area contributed by atoms with Gasteiger partial charge in [0.1, 0.15) is 0 Å². The Balaban J connectivity index is 1.69. The van der Waals surface area contributed by atoms with Gasteiger partial charge in [-0.05, 0) is 52.6 Å². The van der Waals surface area contributed by atoms with Crippen LogP contribution >= 0.6 is 0 Å². The first kappa shape index (κ1) is 19.0. The Morgan fingerprint density at radius 1 is 1.21 bits per heavy atom.